The molecule has 1 aliphatic heterocycles. The van der Waals surface area contributed by atoms with E-state index in [0.717, 1.165) is 18.0 Å². The van der Waals surface area contributed by atoms with E-state index in [1.165, 1.54) is 17.7 Å². The van der Waals surface area contributed by atoms with Crippen LogP contribution in [-0.4, -0.2) is 71.0 Å². The molecule has 2 aromatic heterocycles. The summed E-state index contributed by atoms with van der Waals surface area (Å²) in [6.07, 6.45) is 3.07. The first-order valence-electron chi connectivity index (χ1n) is 12.9. The number of H-pyrrole nitrogens is 1. The van der Waals surface area contributed by atoms with Crippen molar-refractivity contribution in [3.63, 3.8) is 0 Å². The number of hydrogen-bond donors (Lipinski definition) is 3. The predicted molar refractivity (Wildman–Crippen MR) is 151 cm³/mol. The van der Waals surface area contributed by atoms with E-state index < -0.39 is 30.6 Å². The van der Waals surface area contributed by atoms with Crippen LogP contribution in [0, 0.1) is 0 Å². The SMILES string of the molecule is C/C=N\NC.CC(NC(=O)CN1Cc2cccc(N(C)c3cnc4[nH]ncc4c3)c2C1=O)C(F)(F)F.CCCC. The Kier molecular flexibility index (Phi) is 11.9. The molecule has 0 radical (unpaired) electrons. The number of carbonyl (C=O) groups excluding carboxylic acids is 2. The molecule has 4 rings (SSSR count). The molecule has 3 heterocycles. The number of nitrogens with one attached hydrogen (secondary N) is 3. The van der Waals surface area contributed by atoms with Crippen LogP contribution in [0.5, 0.6) is 0 Å². The van der Waals surface area contributed by atoms with Crippen LogP contribution < -0.4 is 15.6 Å². The number of pyridine rings is 1. The number of unbranched alkanes of at least 4 members (excludes halogenated alkanes) is 1. The Balaban J connectivity index is 0.000000543. The summed E-state index contributed by atoms with van der Waals surface area (Å²) in [5.41, 5.74) is 5.67. The maximum atomic E-state index is 13.0. The highest BCUT2D eigenvalue weighted by Crippen LogP contribution is 2.35. The maximum Gasteiger partial charge on any atom is 0.408 e. The molecule has 40 heavy (non-hydrogen) atoms. The molecule has 10 nitrogen and oxygen atoms in total. The first-order chi connectivity index (χ1) is 19.0. The van der Waals surface area contributed by atoms with Crippen molar-refractivity contribution in [2.24, 2.45) is 5.10 Å². The van der Waals surface area contributed by atoms with Gasteiger partial charge in [-0.1, -0.05) is 38.8 Å². The standard InChI is InChI=1S/C20H19F3N6O2.C4H10.C3H8N2/c1-11(20(21,22)23)26-16(30)10-29-9-12-4-3-5-15(17(12)19(29)31)28(2)14-6-13-7-25-27-18(13)24-8-14;1-3-4-2;1-3-5-4-2/h3-8,11H,9-10H2,1-2H3,(H,26,30)(H,24,25,27);3-4H2,1-2H3;3-4H,1-2H3/b;;5-3-. The van der Waals surface area contributed by atoms with Crippen molar-refractivity contribution < 1.29 is 22.8 Å². The number of anilines is 2. The molecule has 1 unspecified atom stereocenters. The van der Waals surface area contributed by atoms with Crippen LogP contribution in [0.4, 0.5) is 24.5 Å². The highest BCUT2D eigenvalue weighted by atomic mass is 19.4. The summed E-state index contributed by atoms with van der Waals surface area (Å²) in [5, 5.41) is 13.0. The van der Waals surface area contributed by atoms with Crippen LogP contribution in [0.15, 0.2) is 41.8 Å². The molecule has 0 saturated carbocycles. The number of aromatic nitrogens is 3. The largest absolute Gasteiger partial charge is 0.408 e. The summed E-state index contributed by atoms with van der Waals surface area (Å²) in [6.45, 7) is 6.76. The van der Waals surface area contributed by atoms with Crippen molar-refractivity contribution in [2.45, 2.75) is 59.3 Å². The third-order valence-corrected chi connectivity index (χ3v) is 5.98. The maximum absolute atomic E-state index is 13.0. The van der Waals surface area contributed by atoms with E-state index >= 15 is 0 Å². The van der Waals surface area contributed by atoms with Crippen molar-refractivity contribution in [2.75, 3.05) is 25.5 Å². The van der Waals surface area contributed by atoms with E-state index in [2.05, 4.69) is 39.6 Å². The van der Waals surface area contributed by atoms with E-state index in [9.17, 15) is 22.8 Å². The van der Waals surface area contributed by atoms with Crippen LogP contribution in [0.3, 0.4) is 0 Å². The molecule has 1 aliphatic rings. The minimum absolute atomic E-state index is 0.142. The van der Waals surface area contributed by atoms with Gasteiger partial charge in [-0.3, -0.25) is 14.7 Å². The molecular weight excluding hydrogens is 525 g/mol. The molecule has 0 bridgehead atoms. The molecule has 218 valence electrons. The number of hydrazone groups is 1. The van der Waals surface area contributed by atoms with Gasteiger partial charge >= 0.3 is 6.18 Å². The average Bonchev–Trinajstić information content (AvgIpc) is 3.52. The molecule has 13 heteroatoms. The summed E-state index contributed by atoms with van der Waals surface area (Å²) in [4.78, 5) is 32.4. The Morgan fingerprint density at radius 3 is 2.55 bits per heavy atom. The molecule has 0 spiro atoms. The van der Waals surface area contributed by atoms with Crippen molar-refractivity contribution >= 4 is 40.4 Å². The van der Waals surface area contributed by atoms with Gasteiger partial charge in [0, 0.05) is 32.2 Å². The van der Waals surface area contributed by atoms with Gasteiger partial charge in [-0.05, 0) is 31.5 Å². The number of halogens is 3. The zero-order chi connectivity index (χ0) is 29.9. The third-order valence-electron chi connectivity index (χ3n) is 5.98. The topological polar surface area (TPSA) is 119 Å². The molecule has 3 aromatic rings. The Labute approximate surface area is 232 Å². The zero-order valence-electron chi connectivity index (χ0n) is 23.6. The fourth-order valence-corrected chi connectivity index (χ4v) is 3.63. The Bertz CT molecular complexity index is 1290. The third kappa shape index (κ3) is 8.42. The van der Waals surface area contributed by atoms with Gasteiger partial charge in [0.2, 0.25) is 5.91 Å². The van der Waals surface area contributed by atoms with Gasteiger partial charge in [0.1, 0.15) is 12.6 Å². The van der Waals surface area contributed by atoms with Gasteiger partial charge in [-0.25, -0.2) is 4.98 Å². The lowest BCUT2D eigenvalue weighted by Gasteiger charge is -2.22. The number of aromatic amines is 1. The minimum atomic E-state index is -4.55. The number of carbonyl (C=O) groups is 2. The number of alkyl halides is 3. The Morgan fingerprint density at radius 2 is 1.98 bits per heavy atom. The highest BCUT2D eigenvalue weighted by molar-refractivity contribution is 6.05. The summed E-state index contributed by atoms with van der Waals surface area (Å²) in [7, 11) is 3.55. The number of benzene rings is 1. The predicted octanol–water partition coefficient (Wildman–Crippen LogP) is 4.77. The lowest BCUT2D eigenvalue weighted by Crippen LogP contribution is -2.47. The monoisotopic (exact) mass is 562 g/mol. The van der Waals surface area contributed by atoms with E-state index in [-0.39, 0.29) is 6.54 Å². The Hall–Kier alpha value is -4.16. The molecule has 3 N–H and O–H groups in total. The summed E-state index contributed by atoms with van der Waals surface area (Å²) >= 11 is 0. The quantitative estimate of drug-likeness (QED) is 0.282. The first-order valence-corrected chi connectivity index (χ1v) is 12.9. The van der Waals surface area contributed by atoms with Crippen molar-refractivity contribution in [3.05, 3.63) is 47.8 Å². The number of fused-ring (bicyclic) bond motifs is 2. The van der Waals surface area contributed by atoms with Crippen molar-refractivity contribution in [3.8, 4) is 0 Å². The Morgan fingerprint density at radius 1 is 1.27 bits per heavy atom. The van der Waals surface area contributed by atoms with E-state index in [0.29, 0.717) is 22.5 Å². The molecule has 1 atom stereocenters. The highest BCUT2D eigenvalue weighted by Gasteiger charge is 2.38. The zero-order valence-corrected chi connectivity index (χ0v) is 23.6. The van der Waals surface area contributed by atoms with Crippen LogP contribution in [0.2, 0.25) is 0 Å². The average molecular weight is 563 g/mol. The first kappa shape index (κ1) is 32.1. The normalized spacial score (nSPS) is 13.2. The van der Waals surface area contributed by atoms with Crippen LogP contribution in [0.1, 0.15) is 56.5 Å². The second-order valence-corrected chi connectivity index (χ2v) is 8.97. The van der Waals surface area contributed by atoms with Gasteiger partial charge in [-0.2, -0.15) is 23.4 Å². The van der Waals surface area contributed by atoms with E-state index in [1.807, 2.05) is 18.3 Å². The molecule has 0 aliphatic carbocycles. The van der Waals surface area contributed by atoms with Crippen molar-refractivity contribution in [1.82, 2.24) is 30.8 Å². The molecule has 2 amide bonds. The lowest BCUT2D eigenvalue weighted by molar-refractivity contribution is -0.158. The molecule has 0 fully saturated rings. The van der Waals surface area contributed by atoms with Gasteiger partial charge in [0.15, 0.2) is 5.65 Å². The van der Waals surface area contributed by atoms with E-state index in [1.54, 1.807) is 55.8 Å². The van der Waals surface area contributed by atoms with Crippen molar-refractivity contribution in [1.29, 1.82) is 0 Å². The smallest absolute Gasteiger partial charge is 0.343 e. The summed E-state index contributed by atoms with van der Waals surface area (Å²) in [5.74, 6) is -1.28. The van der Waals surface area contributed by atoms with Gasteiger partial charge < -0.3 is 20.5 Å². The van der Waals surface area contributed by atoms with Crippen LogP contribution in [-0.2, 0) is 11.3 Å². The number of amides is 2. The number of nitrogens with zero attached hydrogens (tertiary/aromatic N) is 5. The number of rotatable bonds is 7. The van der Waals surface area contributed by atoms with E-state index in [4.69, 9.17) is 0 Å². The second-order valence-electron chi connectivity index (χ2n) is 8.97. The lowest BCUT2D eigenvalue weighted by atomic mass is 10.1. The summed E-state index contributed by atoms with van der Waals surface area (Å²) < 4.78 is 38.0. The molecule has 0 saturated heterocycles. The molecule has 1 aromatic carbocycles. The van der Waals surface area contributed by atoms with Gasteiger partial charge in [-0.15, -0.1) is 0 Å². The minimum Gasteiger partial charge on any atom is -0.343 e. The van der Waals surface area contributed by atoms with Gasteiger partial charge in [0.05, 0.1) is 29.3 Å². The molecular formula is C27H37F3N8O2. The van der Waals surface area contributed by atoms with Gasteiger partial charge in [0.25, 0.3) is 5.91 Å². The fraction of sp³-hybridized carbons (Fsp3) is 0.444. The van der Waals surface area contributed by atoms with Crippen LogP contribution >= 0.6 is 0 Å². The van der Waals surface area contributed by atoms with Crippen LogP contribution in [0.25, 0.3) is 11.0 Å². The summed E-state index contributed by atoms with van der Waals surface area (Å²) in [6, 6.07) is 5.20. The number of hydrogen-bond acceptors (Lipinski definition) is 7. The fourth-order valence-electron chi connectivity index (χ4n) is 3.63. The second kappa shape index (κ2) is 14.8.